The second-order valence-corrected chi connectivity index (χ2v) is 11.5. The van der Waals surface area contributed by atoms with E-state index in [0.717, 1.165) is 36.9 Å². The monoisotopic (exact) mass is 714 g/mol. The lowest BCUT2D eigenvalue weighted by Gasteiger charge is -2.43. The molecule has 0 radical (unpaired) electrons. The van der Waals surface area contributed by atoms with Crippen LogP contribution in [0, 0.1) is 0 Å². The van der Waals surface area contributed by atoms with E-state index in [1.54, 1.807) is 0 Å². The minimum Gasteiger partial charge on any atom is -0.458 e. The average molecular weight is 716 g/mol. The van der Waals surface area contributed by atoms with Crippen molar-refractivity contribution >= 4 is 107 Å². The Balaban J connectivity index is 1.78. The van der Waals surface area contributed by atoms with Gasteiger partial charge in [-0.25, -0.2) is 19.1 Å². The maximum absolute atomic E-state index is 13.1. The van der Waals surface area contributed by atoms with Gasteiger partial charge in [0, 0.05) is 10.8 Å². The van der Waals surface area contributed by atoms with Gasteiger partial charge in [-0.1, -0.05) is 10.3 Å². The summed E-state index contributed by atoms with van der Waals surface area (Å²) in [6.45, 7) is -0.875. The molecule has 0 aromatic carbocycles. The standard InChI is InChI=1S/C20H20Cl2N8O11S3/c1-39-28-13(8-6-42-19(23-8)25-11(31)3-21)16(33)27-15-10(30(17(15)34)44(36,37)38)5-41-18(35)14(29-40-2)9-7-43-20(24-9)26-12(32)4-22/h6-7,10,15H,3-5H2,1-2H3,(H,27,33)(H,23,25,31)(H,24,26,32)(H,36,37,38)/b28-13-,29-14-/t10-,15+/m0/s1. The van der Waals surface area contributed by atoms with E-state index in [1.165, 1.54) is 10.8 Å². The highest BCUT2D eigenvalue weighted by atomic mass is 35.5. The zero-order valence-electron chi connectivity index (χ0n) is 22.2. The van der Waals surface area contributed by atoms with Gasteiger partial charge < -0.3 is 30.4 Å². The van der Waals surface area contributed by atoms with E-state index < -0.39 is 70.0 Å². The highest BCUT2D eigenvalue weighted by Gasteiger charge is 2.55. The van der Waals surface area contributed by atoms with Crippen LogP contribution in [0.3, 0.4) is 0 Å². The van der Waals surface area contributed by atoms with Gasteiger partial charge in [-0.05, 0) is 0 Å². The smallest absolute Gasteiger partial charge is 0.362 e. The third kappa shape index (κ3) is 8.35. The lowest BCUT2D eigenvalue weighted by Crippen LogP contribution is -2.73. The number of oxime groups is 2. The van der Waals surface area contributed by atoms with Crippen molar-refractivity contribution in [2.45, 2.75) is 12.1 Å². The lowest BCUT2D eigenvalue weighted by molar-refractivity contribution is -0.152. The number of alkyl halides is 2. The van der Waals surface area contributed by atoms with Crippen LogP contribution in [0.25, 0.3) is 0 Å². The molecule has 0 unspecified atom stereocenters. The summed E-state index contributed by atoms with van der Waals surface area (Å²) in [5, 5.41) is 16.9. The summed E-state index contributed by atoms with van der Waals surface area (Å²) in [6, 6.07) is -3.27. The summed E-state index contributed by atoms with van der Waals surface area (Å²) >= 11 is 12.7. The minimum absolute atomic E-state index is 0.00320. The van der Waals surface area contributed by atoms with Gasteiger partial charge in [0.2, 0.25) is 17.5 Å². The summed E-state index contributed by atoms with van der Waals surface area (Å²) in [6.07, 6.45) is 0. The summed E-state index contributed by atoms with van der Waals surface area (Å²) < 4.78 is 38.4. The van der Waals surface area contributed by atoms with Crippen molar-refractivity contribution in [2.24, 2.45) is 10.3 Å². The lowest BCUT2D eigenvalue weighted by atomic mass is 9.99. The van der Waals surface area contributed by atoms with Crippen LogP contribution >= 0.6 is 45.9 Å². The van der Waals surface area contributed by atoms with Gasteiger partial charge in [-0.2, -0.15) is 8.42 Å². The van der Waals surface area contributed by atoms with E-state index in [9.17, 15) is 36.9 Å². The van der Waals surface area contributed by atoms with Gasteiger partial charge in [0.1, 0.15) is 56.1 Å². The Labute approximate surface area is 265 Å². The SMILES string of the molecule is CO/N=C(\C(=O)N[C@H]1C(=O)N(S(=O)(=O)O)[C@H]1COC(=O)/C(=N\OC)c1csc(NC(=O)CCl)n1)c1csc(NC(=O)CCl)n1. The van der Waals surface area contributed by atoms with Gasteiger partial charge in [0.25, 0.3) is 11.8 Å². The number of β-lactam (4-membered cyclic amide) rings is 1. The molecule has 0 saturated carbocycles. The van der Waals surface area contributed by atoms with Gasteiger partial charge >= 0.3 is 16.3 Å². The van der Waals surface area contributed by atoms with Crippen LogP contribution in [0.15, 0.2) is 21.1 Å². The number of carbonyl (C=O) groups excluding carboxylic acids is 5. The number of ether oxygens (including phenoxy) is 1. The number of anilines is 2. The van der Waals surface area contributed by atoms with Crippen molar-refractivity contribution in [3.63, 3.8) is 0 Å². The first-order chi connectivity index (χ1) is 20.8. The quantitative estimate of drug-likeness (QED) is 0.0476. The van der Waals surface area contributed by atoms with Crippen LogP contribution in [0.2, 0.25) is 0 Å². The van der Waals surface area contributed by atoms with Gasteiger partial charge in [-0.15, -0.1) is 45.9 Å². The fourth-order valence-electron chi connectivity index (χ4n) is 3.32. The molecule has 19 nitrogen and oxygen atoms in total. The molecule has 1 saturated heterocycles. The number of thiazole rings is 2. The van der Waals surface area contributed by atoms with E-state index in [0.29, 0.717) is 0 Å². The summed E-state index contributed by atoms with van der Waals surface area (Å²) in [5.41, 5.74) is -1.17. The number of esters is 1. The number of hydrogen-bond acceptors (Lipinski definition) is 16. The Kier molecular flexibility index (Phi) is 11.9. The van der Waals surface area contributed by atoms with E-state index in [4.69, 9.17) is 27.9 Å². The first kappa shape index (κ1) is 34.5. The second kappa shape index (κ2) is 15.2. The highest BCUT2D eigenvalue weighted by molar-refractivity contribution is 7.84. The topological polar surface area (TPSA) is 257 Å². The largest absolute Gasteiger partial charge is 0.458 e. The Morgan fingerprint density at radius 3 is 1.95 bits per heavy atom. The Hall–Kier alpha value is -3.96. The number of aromatic nitrogens is 2. The fraction of sp³-hybridized carbons (Fsp3) is 0.350. The van der Waals surface area contributed by atoms with Gasteiger partial charge in [0.15, 0.2) is 16.0 Å². The van der Waals surface area contributed by atoms with Crippen LogP contribution in [-0.2, 0) is 48.7 Å². The molecule has 0 bridgehead atoms. The Morgan fingerprint density at radius 2 is 1.48 bits per heavy atom. The van der Waals surface area contributed by atoms with Gasteiger partial charge in [0.05, 0.1) is 0 Å². The molecule has 4 amide bonds. The molecule has 2 atom stereocenters. The molecule has 2 aromatic heterocycles. The molecule has 3 rings (SSSR count). The molecule has 2 aromatic rings. The molecule has 1 fully saturated rings. The predicted molar refractivity (Wildman–Crippen MR) is 155 cm³/mol. The van der Waals surface area contributed by atoms with Gasteiger partial charge in [-0.3, -0.25) is 23.7 Å². The van der Waals surface area contributed by atoms with Crippen LogP contribution < -0.4 is 16.0 Å². The fourth-order valence-corrected chi connectivity index (χ4v) is 5.75. The molecular formula is C20H20Cl2N8O11S3. The number of amides is 4. The first-order valence-corrected chi connectivity index (χ1v) is 15.7. The number of hydrogen-bond donors (Lipinski definition) is 4. The maximum atomic E-state index is 13.1. The molecule has 24 heteroatoms. The van der Waals surface area contributed by atoms with Crippen molar-refractivity contribution < 1.29 is 51.4 Å². The molecule has 0 aliphatic carbocycles. The summed E-state index contributed by atoms with van der Waals surface area (Å²) in [4.78, 5) is 78.9. The van der Waals surface area contributed by atoms with Crippen LogP contribution in [0.4, 0.5) is 10.3 Å². The molecule has 1 aliphatic rings. The number of nitrogens with one attached hydrogen (secondary N) is 3. The van der Waals surface area contributed by atoms with Crippen LogP contribution in [0.5, 0.6) is 0 Å². The normalized spacial score (nSPS) is 16.9. The molecule has 44 heavy (non-hydrogen) atoms. The van der Waals surface area contributed by atoms with Crippen molar-refractivity contribution in [3.05, 3.63) is 22.1 Å². The first-order valence-electron chi connectivity index (χ1n) is 11.5. The maximum Gasteiger partial charge on any atom is 0.362 e. The second-order valence-electron chi connectivity index (χ2n) is 7.91. The van der Waals surface area contributed by atoms with E-state index >= 15 is 0 Å². The number of carbonyl (C=O) groups is 5. The predicted octanol–water partition coefficient (Wildman–Crippen LogP) is -0.603. The number of halogens is 2. The van der Waals surface area contributed by atoms with Crippen LogP contribution in [0.1, 0.15) is 11.4 Å². The minimum atomic E-state index is -5.16. The average Bonchev–Trinajstić information content (AvgIpc) is 3.63. The zero-order valence-corrected chi connectivity index (χ0v) is 26.1. The number of rotatable bonds is 14. The molecule has 0 spiro atoms. The summed E-state index contributed by atoms with van der Waals surface area (Å²) in [7, 11) is -2.93. The molecule has 4 N–H and O–H groups in total. The molecular weight excluding hydrogens is 695 g/mol. The van der Waals surface area contributed by atoms with Crippen molar-refractivity contribution in [3.8, 4) is 0 Å². The number of nitrogens with zero attached hydrogens (tertiary/aromatic N) is 5. The van der Waals surface area contributed by atoms with Crippen molar-refractivity contribution in [1.82, 2.24) is 19.6 Å². The summed E-state index contributed by atoms with van der Waals surface area (Å²) in [5.74, 6) is -5.40. The third-order valence-electron chi connectivity index (χ3n) is 5.09. The zero-order chi connectivity index (χ0) is 32.6. The van der Waals surface area contributed by atoms with Crippen LogP contribution in [-0.4, -0.2) is 113 Å². The van der Waals surface area contributed by atoms with E-state index in [-0.39, 0.29) is 37.7 Å². The molecule has 238 valence electrons. The Bertz CT molecular complexity index is 1610. The highest BCUT2D eigenvalue weighted by Crippen LogP contribution is 2.25. The Morgan fingerprint density at radius 1 is 0.977 bits per heavy atom. The molecule has 1 aliphatic heterocycles. The van der Waals surface area contributed by atoms with E-state index in [2.05, 4.69) is 45.9 Å². The van der Waals surface area contributed by atoms with Crippen molar-refractivity contribution in [1.29, 1.82) is 0 Å². The van der Waals surface area contributed by atoms with Crippen molar-refractivity contribution in [2.75, 3.05) is 43.2 Å². The molecule has 3 heterocycles. The third-order valence-corrected chi connectivity index (χ3v) is 8.04. The van der Waals surface area contributed by atoms with E-state index in [1.807, 2.05) is 0 Å².